The van der Waals surface area contributed by atoms with Crippen molar-refractivity contribution in [2.24, 2.45) is 0 Å². The van der Waals surface area contributed by atoms with Gasteiger partial charge in [0, 0.05) is 11.4 Å². The molecule has 0 saturated carbocycles. The number of hydrogen-bond acceptors (Lipinski definition) is 3. The summed E-state index contributed by atoms with van der Waals surface area (Å²) in [5, 5.41) is 1.52. The maximum absolute atomic E-state index is 5.83. The highest BCUT2D eigenvalue weighted by atomic mass is 32.2. The van der Waals surface area contributed by atoms with Crippen molar-refractivity contribution in [2.45, 2.75) is 29.5 Å². The summed E-state index contributed by atoms with van der Waals surface area (Å²) in [6, 6.07) is 3.78. The van der Waals surface area contributed by atoms with E-state index in [1.54, 1.807) is 18.0 Å². The summed E-state index contributed by atoms with van der Waals surface area (Å²) in [6.07, 6.45) is 10.0. The molecule has 0 fully saturated rings. The van der Waals surface area contributed by atoms with E-state index in [4.69, 9.17) is 5.73 Å². The number of nitrogens with two attached hydrogens (primary N) is 1. The highest BCUT2D eigenvalue weighted by molar-refractivity contribution is 8.00. The Hall–Kier alpha value is -0.960. The molecule has 14 heavy (non-hydrogen) atoms. The first-order valence-corrected chi connectivity index (χ1v) is 5.78. The third kappa shape index (κ3) is 2.29. The molecule has 74 valence electrons. The molecule has 3 heteroatoms. The van der Waals surface area contributed by atoms with Crippen molar-refractivity contribution >= 4 is 17.4 Å². The minimum absolute atomic E-state index is 0.556. The van der Waals surface area contributed by atoms with Crippen molar-refractivity contribution in [3.8, 4) is 0 Å². The molecule has 2 N–H and O–H groups in total. The number of allylic oxidation sites excluding steroid dienone is 1. The lowest BCUT2D eigenvalue weighted by Gasteiger charge is -2.15. The lowest BCUT2D eigenvalue weighted by Crippen LogP contribution is -2.03. The summed E-state index contributed by atoms with van der Waals surface area (Å²) in [6.45, 7) is 0. The Balaban J connectivity index is 2.06. The Bertz CT molecular complexity index is 336. The van der Waals surface area contributed by atoms with E-state index in [0.29, 0.717) is 5.25 Å². The minimum atomic E-state index is 0.556. The van der Waals surface area contributed by atoms with E-state index in [1.807, 2.05) is 12.1 Å². The maximum atomic E-state index is 5.83. The van der Waals surface area contributed by atoms with Crippen LogP contribution >= 0.6 is 11.8 Å². The van der Waals surface area contributed by atoms with E-state index >= 15 is 0 Å². The summed E-state index contributed by atoms with van der Waals surface area (Å²) in [5.74, 6) is 0. The van der Waals surface area contributed by atoms with E-state index in [1.165, 1.54) is 19.3 Å². The molecule has 1 aliphatic carbocycles. The molecule has 0 saturated heterocycles. The molecule has 0 aliphatic heterocycles. The maximum Gasteiger partial charge on any atom is 0.119 e. The second kappa shape index (κ2) is 4.51. The zero-order valence-corrected chi connectivity index (χ0v) is 8.83. The number of aromatic nitrogens is 1. The van der Waals surface area contributed by atoms with Crippen LogP contribution in [0.1, 0.15) is 19.3 Å². The smallest absolute Gasteiger partial charge is 0.119 e. The van der Waals surface area contributed by atoms with Gasteiger partial charge in [-0.05, 0) is 31.4 Å². The molecule has 1 aromatic heterocycles. The molecule has 1 aliphatic rings. The quantitative estimate of drug-likeness (QED) is 0.756. The fourth-order valence-corrected chi connectivity index (χ4v) is 2.61. The Labute approximate surface area is 88.6 Å². The number of thioether (sulfide) groups is 1. The largest absolute Gasteiger partial charge is 0.397 e. The fourth-order valence-electron chi connectivity index (χ4n) is 1.52. The van der Waals surface area contributed by atoms with E-state index in [2.05, 4.69) is 17.1 Å². The van der Waals surface area contributed by atoms with Crippen LogP contribution in [0.25, 0.3) is 0 Å². The fraction of sp³-hybridized carbons (Fsp3) is 0.364. The first-order chi connectivity index (χ1) is 6.86. The lowest BCUT2D eigenvalue weighted by molar-refractivity contribution is 0.740. The predicted molar refractivity (Wildman–Crippen MR) is 61.3 cm³/mol. The summed E-state index contributed by atoms with van der Waals surface area (Å²) in [5.41, 5.74) is 6.62. The van der Waals surface area contributed by atoms with Gasteiger partial charge >= 0.3 is 0 Å². The van der Waals surface area contributed by atoms with Crippen LogP contribution in [0.2, 0.25) is 0 Å². The zero-order valence-electron chi connectivity index (χ0n) is 8.02. The van der Waals surface area contributed by atoms with Crippen molar-refractivity contribution in [1.29, 1.82) is 0 Å². The molecule has 1 atom stereocenters. The standard InChI is InChI=1S/C11H14N2S/c12-10-7-4-8-13-11(10)14-9-5-2-1-3-6-9/h2,4-5,7-9H,1,3,6,12H2. The second-order valence-electron chi connectivity index (χ2n) is 3.41. The van der Waals surface area contributed by atoms with Crippen LogP contribution in [0.15, 0.2) is 35.5 Å². The van der Waals surface area contributed by atoms with Crippen molar-refractivity contribution in [1.82, 2.24) is 4.98 Å². The molecule has 2 nitrogen and oxygen atoms in total. The van der Waals surface area contributed by atoms with Gasteiger partial charge in [0.05, 0.1) is 5.69 Å². The first kappa shape index (κ1) is 9.59. The summed E-state index contributed by atoms with van der Waals surface area (Å²) in [7, 11) is 0. The van der Waals surface area contributed by atoms with E-state index in [0.717, 1.165) is 10.7 Å². The monoisotopic (exact) mass is 206 g/mol. The number of nitrogens with zero attached hydrogens (tertiary/aromatic N) is 1. The lowest BCUT2D eigenvalue weighted by atomic mass is 10.1. The van der Waals surface area contributed by atoms with Crippen LogP contribution in [-0.2, 0) is 0 Å². The van der Waals surface area contributed by atoms with Gasteiger partial charge in [-0.15, -0.1) is 0 Å². The number of rotatable bonds is 2. The van der Waals surface area contributed by atoms with Crippen LogP contribution in [0.5, 0.6) is 0 Å². The van der Waals surface area contributed by atoms with Crippen LogP contribution in [0, 0.1) is 0 Å². The van der Waals surface area contributed by atoms with Gasteiger partial charge in [0.25, 0.3) is 0 Å². The van der Waals surface area contributed by atoms with Gasteiger partial charge in [-0.25, -0.2) is 4.98 Å². The normalized spacial score (nSPS) is 21.0. The van der Waals surface area contributed by atoms with Crippen LogP contribution in [0.4, 0.5) is 5.69 Å². The van der Waals surface area contributed by atoms with Crippen molar-refractivity contribution in [2.75, 3.05) is 5.73 Å². The molecule has 0 aromatic carbocycles. The minimum Gasteiger partial charge on any atom is -0.397 e. The van der Waals surface area contributed by atoms with Gasteiger partial charge < -0.3 is 5.73 Å². The Morgan fingerprint density at radius 2 is 2.43 bits per heavy atom. The molecule has 0 spiro atoms. The summed E-state index contributed by atoms with van der Waals surface area (Å²) >= 11 is 1.77. The third-order valence-corrected chi connectivity index (χ3v) is 3.53. The van der Waals surface area contributed by atoms with E-state index < -0.39 is 0 Å². The van der Waals surface area contributed by atoms with Crippen molar-refractivity contribution < 1.29 is 0 Å². The number of pyridine rings is 1. The average molecular weight is 206 g/mol. The summed E-state index contributed by atoms with van der Waals surface area (Å²) in [4.78, 5) is 4.28. The highest BCUT2D eigenvalue weighted by Gasteiger charge is 2.11. The molecular weight excluding hydrogens is 192 g/mol. The highest BCUT2D eigenvalue weighted by Crippen LogP contribution is 2.31. The first-order valence-electron chi connectivity index (χ1n) is 4.90. The molecular formula is C11H14N2S. The topological polar surface area (TPSA) is 38.9 Å². The molecule has 1 heterocycles. The Morgan fingerprint density at radius 3 is 3.14 bits per heavy atom. The van der Waals surface area contributed by atoms with Gasteiger partial charge in [-0.3, -0.25) is 0 Å². The van der Waals surface area contributed by atoms with E-state index in [9.17, 15) is 0 Å². The van der Waals surface area contributed by atoms with Crippen LogP contribution in [0.3, 0.4) is 0 Å². The molecule has 2 rings (SSSR count). The molecule has 0 bridgehead atoms. The molecule has 1 unspecified atom stereocenters. The average Bonchev–Trinajstić information content (AvgIpc) is 2.23. The van der Waals surface area contributed by atoms with Gasteiger partial charge in [0.2, 0.25) is 0 Å². The van der Waals surface area contributed by atoms with Crippen molar-refractivity contribution in [3.05, 3.63) is 30.5 Å². The van der Waals surface area contributed by atoms with E-state index in [-0.39, 0.29) is 0 Å². The van der Waals surface area contributed by atoms with Gasteiger partial charge in [-0.2, -0.15) is 0 Å². The number of nitrogen functional groups attached to an aromatic ring is 1. The number of anilines is 1. The van der Waals surface area contributed by atoms with Gasteiger partial charge in [-0.1, -0.05) is 23.9 Å². The SMILES string of the molecule is Nc1cccnc1SC1C=CCCC1. The van der Waals surface area contributed by atoms with Crippen LogP contribution in [-0.4, -0.2) is 10.2 Å². The second-order valence-corrected chi connectivity index (χ2v) is 4.64. The predicted octanol–water partition coefficient (Wildman–Crippen LogP) is 2.86. The zero-order chi connectivity index (χ0) is 9.80. The summed E-state index contributed by atoms with van der Waals surface area (Å²) < 4.78 is 0. The number of hydrogen-bond donors (Lipinski definition) is 1. The van der Waals surface area contributed by atoms with Crippen LogP contribution < -0.4 is 5.73 Å². The third-order valence-electron chi connectivity index (χ3n) is 2.27. The molecule has 1 aromatic rings. The van der Waals surface area contributed by atoms with Gasteiger partial charge in [0.15, 0.2) is 0 Å². The molecule has 0 radical (unpaired) electrons. The molecule has 0 amide bonds. The van der Waals surface area contributed by atoms with Crippen molar-refractivity contribution in [3.63, 3.8) is 0 Å². The van der Waals surface area contributed by atoms with Gasteiger partial charge in [0.1, 0.15) is 5.03 Å². The Morgan fingerprint density at radius 1 is 1.50 bits per heavy atom. The Kier molecular flexibility index (Phi) is 3.09.